The third kappa shape index (κ3) is 2.01. The number of aryl methyl sites for hydroxylation is 1. The Morgan fingerprint density at radius 2 is 1.60 bits per heavy atom. The predicted molar refractivity (Wildman–Crippen MR) is 75.7 cm³/mol. The quantitative estimate of drug-likeness (QED) is 0.618. The van der Waals surface area contributed by atoms with Gasteiger partial charge in [-0.3, -0.25) is 9.59 Å². The molecule has 1 heterocycles. The van der Waals surface area contributed by atoms with Crippen molar-refractivity contribution in [1.82, 2.24) is 5.01 Å². The maximum atomic E-state index is 12.1. The van der Waals surface area contributed by atoms with Gasteiger partial charge in [-0.05, 0) is 24.6 Å². The second-order valence-corrected chi connectivity index (χ2v) is 4.63. The molecule has 3 rings (SSSR count). The lowest BCUT2D eigenvalue weighted by atomic mass is 10.1. The Bertz CT molecular complexity index is 700. The van der Waals surface area contributed by atoms with Gasteiger partial charge in [0.25, 0.3) is 11.8 Å². The maximum Gasteiger partial charge on any atom is 0.282 e. The molecule has 1 aliphatic rings. The van der Waals surface area contributed by atoms with Crippen LogP contribution < -0.4 is 0 Å². The molecule has 0 saturated heterocycles. The van der Waals surface area contributed by atoms with Gasteiger partial charge in [-0.2, -0.15) is 10.1 Å². The first-order valence-electron chi connectivity index (χ1n) is 6.25. The first kappa shape index (κ1) is 12.3. The van der Waals surface area contributed by atoms with Crippen LogP contribution in [-0.4, -0.2) is 23.0 Å². The molecule has 0 fully saturated rings. The van der Waals surface area contributed by atoms with E-state index in [1.165, 1.54) is 6.21 Å². The predicted octanol–water partition coefficient (Wildman–Crippen LogP) is 2.63. The third-order valence-electron chi connectivity index (χ3n) is 3.14. The highest BCUT2D eigenvalue weighted by Gasteiger charge is 2.35. The fourth-order valence-electron chi connectivity index (χ4n) is 2.16. The second-order valence-electron chi connectivity index (χ2n) is 4.63. The number of fused-ring (bicyclic) bond motifs is 1. The standard InChI is InChI=1S/C16H12N2O2/c1-11-5-4-6-12(9-11)10-17-18-15(19)13-7-2-3-8-14(13)16(18)20/h2-10H,1H3/b17-10-. The zero-order chi connectivity index (χ0) is 14.1. The molecule has 0 aliphatic carbocycles. The van der Waals surface area contributed by atoms with Gasteiger partial charge in [0.05, 0.1) is 17.3 Å². The number of nitrogens with zero attached hydrogens (tertiary/aromatic N) is 2. The van der Waals surface area contributed by atoms with Gasteiger partial charge in [0.1, 0.15) is 0 Å². The molecule has 0 atom stereocenters. The van der Waals surface area contributed by atoms with Gasteiger partial charge in [0.2, 0.25) is 0 Å². The minimum Gasteiger partial charge on any atom is -0.267 e. The van der Waals surface area contributed by atoms with Crippen molar-refractivity contribution in [3.63, 3.8) is 0 Å². The van der Waals surface area contributed by atoms with Crippen LogP contribution in [0.4, 0.5) is 0 Å². The van der Waals surface area contributed by atoms with Gasteiger partial charge >= 0.3 is 0 Å². The number of benzene rings is 2. The van der Waals surface area contributed by atoms with Crippen LogP contribution in [0.3, 0.4) is 0 Å². The molecule has 0 unspecified atom stereocenters. The Balaban J connectivity index is 1.90. The molecule has 0 N–H and O–H groups in total. The van der Waals surface area contributed by atoms with E-state index >= 15 is 0 Å². The molecule has 2 amide bonds. The lowest BCUT2D eigenvalue weighted by molar-refractivity contribution is 0.0660. The summed E-state index contributed by atoms with van der Waals surface area (Å²) in [6.07, 6.45) is 1.52. The van der Waals surface area contributed by atoms with Crippen molar-refractivity contribution in [3.8, 4) is 0 Å². The minimum absolute atomic E-state index is 0.380. The number of carbonyl (C=O) groups excluding carboxylic acids is 2. The van der Waals surface area contributed by atoms with Crippen molar-refractivity contribution in [1.29, 1.82) is 0 Å². The molecule has 98 valence electrons. The van der Waals surface area contributed by atoms with Crippen molar-refractivity contribution in [2.45, 2.75) is 6.92 Å². The number of hydrogen-bond donors (Lipinski definition) is 0. The Kier molecular flexibility index (Phi) is 2.91. The summed E-state index contributed by atoms with van der Waals surface area (Å²) in [5.74, 6) is -0.760. The Hall–Kier alpha value is -2.75. The Morgan fingerprint density at radius 3 is 2.20 bits per heavy atom. The third-order valence-corrected chi connectivity index (χ3v) is 3.14. The lowest BCUT2D eigenvalue weighted by Crippen LogP contribution is -2.23. The smallest absolute Gasteiger partial charge is 0.267 e. The zero-order valence-corrected chi connectivity index (χ0v) is 10.9. The van der Waals surface area contributed by atoms with E-state index in [0.29, 0.717) is 11.1 Å². The van der Waals surface area contributed by atoms with Crippen LogP contribution >= 0.6 is 0 Å². The summed E-state index contributed by atoms with van der Waals surface area (Å²) in [5.41, 5.74) is 2.75. The largest absolute Gasteiger partial charge is 0.282 e. The molecule has 0 radical (unpaired) electrons. The number of hydrazone groups is 1. The summed E-state index contributed by atoms with van der Waals surface area (Å²) in [6, 6.07) is 14.4. The highest BCUT2D eigenvalue weighted by Crippen LogP contribution is 2.22. The van der Waals surface area contributed by atoms with Crippen LogP contribution in [0.25, 0.3) is 0 Å². The molecular formula is C16H12N2O2. The van der Waals surface area contributed by atoms with Crippen LogP contribution in [0.5, 0.6) is 0 Å². The number of rotatable bonds is 2. The number of carbonyl (C=O) groups is 2. The Labute approximate surface area is 116 Å². The molecular weight excluding hydrogens is 252 g/mol. The fourth-order valence-corrected chi connectivity index (χ4v) is 2.16. The molecule has 4 heteroatoms. The summed E-state index contributed by atoms with van der Waals surface area (Å²) >= 11 is 0. The van der Waals surface area contributed by atoms with Gasteiger partial charge in [-0.25, -0.2) is 0 Å². The molecule has 2 aromatic carbocycles. The van der Waals surface area contributed by atoms with E-state index in [4.69, 9.17) is 0 Å². The lowest BCUT2D eigenvalue weighted by Gasteiger charge is -2.05. The average Bonchev–Trinajstić information content (AvgIpc) is 2.70. The fraction of sp³-hybridized carbons (Fsp3) is 0.0625. The van der Waals surface area contributed by atoms with E-state index in [0.717, 1.165) is 16.1 Å². The van der Waals surface area contributed by atoms with Crippen molar-refractivity contribution < 1.29 is 9.59 Å². The van der Waals surface area contributed by atoms with Crippen molar-refractivity contribution >= 4 is 18.0 Å². The normalized spacial score (nSPS) is 14.2. The van der Waals surface area contributed by atoms with E-state index in [1.807, 2.05) is 31.2 Å². The minimum atomic E-state index is -0.380. The summed E-state index contributed by atoms with van der Waals surface area (Å²) < 4.78 is 0. The van der Waals surface area contributed by atoms with Crippen LogP contribution in [0.15, 0.2) is 53.6 Å². The second kappa shape index (κ2) is 4.74. The Morgan fingerprint density at radius 1 is 0.950 bits per heavy atom. The van der Waals surface area contributed by atoms with E-state index in [2.05, 4.69) is 5.10 Å². The zero-order valence-electron chi connectivity index (χ0n) is 10.9. The summed E-state index contributed by atoms with van der Waals surface area (Å²) in [4.78, 5) is 24.2. The van der Waals surface area contributed by atoms with Crippen molar-refractivity contribution in [2.24, 2.45) is 5.10 Å². The molecule has 0 aromatic heterocycles. The highest BCUT2D eigenvalue weighted by atomic mass is 16.2. The summed E-state index contributed by atoms with van der Waals surface area (Å²) in [5, 5.41) is 4.93. The number of amides is 2. The van der Waals surface area contributed by atoms with E-state index in [1.54, 1.807) is 24.3 Å². The van der Waals surface area contributed by atoms with Crippen LogP contribution in [-0.2, 0) is 0 Å². The number of hydrogen-bond acceptors (Lipinski definition) is 3. The summed E-state index contributed by atoms with van der Waals surface area (Å²) in [7, 11) is 0. The first-order valence-corrected chi connectivity index (χ1v) is 6.25. The van der Waals surface area contributed by atoms with E-state index in [-0.39, 0.29) is 11.8 Å². The van der Waals surface area contributed by atoms with Gasteiger partial charge < -0.3 is 0 Å². The molecule has 0 spiro atoms. The molecule has 0 saturated carbocycles. The van der Waals surface area contributed by atoms with E-state index < -0.39 is 0 Å². The van der Waals surface area contributed by atoms with Gasteiger partial charge in [-0.1, -0.05) is 42.0 Å². The van der Waals surface area contributed by atoms with Crippen molar-refractivity contribution in [2.75, 3.05) is 0 Å². The molecule has 20 heavy (non-hydrogen) atoms. The molecule has 2 aromatic rings. The first-order chi connectivity index (χ1) is 9.66. The summed E-state index contributed by atoms with van der Waals surface area (Å²) in [6.45, 7) is 1.97. The molecule has 1 aliphatic heterocycles. The monoisotopic (exact) mass is 264 g/mol. The highest BCUT2D eigenvalue weighted by molar-refractivity contribution is 6.21. The van der Waals surface area contributed by atoms with E-state index in [9.17, 15) is 9.59 Å². The SMILES string of the molecule is Cc1cccc(/C=N\N2C(=O)c3ccccc3C2=O)c1. The number of imide groups is 1. The van der Waals surface area contributed by atoms with Gasteiger partial charge in [-0.15, -0.1) is 0 Å². The maximum absolute atomic E-state index is 12.1. The topological polar surface area (TPSA) is 49.7 Å². The average molecular weight is 264 g/mol. The molecule has 4 nitrogen and oxygen atoms in total. The molecule has 0 bridgehead atoms. The van der Waals surface area contributed by atoms with Crippen LogP contribution in [0, 0.1) is 6.92 Å². The van der Waals surface area contributed by atoms with Gasteiger partial charge in [0, 0.05) is 0 Å². The van der Waals surface area contributed by atoms with Crippen molar-refractivity contribution in [3.05, 3.63) is 70.8 Å². The van der Waals surface area contributed by atoms with Crippen LogP contribution in [0.1, 0.15) is 31.8 Å². The van der Waals surface area contributed by atoms with Crippen LogP contribution in [0.2, 0.25) is 0 Å². The van der Waals surface area contributed by atoms with Gasteiger partial charge in [0.15, 0.2) is 0 Å².